The molecule has 0 bridgehead atoms. The summed E-state index contributed by atoms with van der Waals surface area (Å²) in [5, 5.41) is 18.3. The van der Waals surface area contributed by atoms with E-state index in [1.54, 1.807) is 11.8 Å². The maximum atomic E-state index is 9.24. The largest absolute Gasteiger partial charge is 0.480 e. The van der Waals surface area contributed by atoms with Crippen LogP contribution >= 0.6 is 11.8 Å². The molecular formula is C8H16N2O3S. The van der Waals surface area contributed by atoms with Gasteiger partial charge in [0, 0.05) is 12.2 Å². The second-order valence-corrected chi connectivity index (χ2v) is 3.47. The second kappa shape index (κ2) is 7.66. The van der Waals surface area contributed by atoms with Crippen molar-refractivity contribution in [1.29, 1.82) is 0 Å². The standard InChI is InChI=1S/C6H11NOS.C2H5NO2/c1-6-4-9-5-7(6)2-3-8;3-1-2(4)5/h4,8H,2-3,5H2,1H3;1,3H2,(H,4,5). The number of β-amino-alcohol motifs (C(OH)–C–C–N with tert-alkyl or cyclic N) is 1. The molecule has 0 spiro atoms. The molecule has 1 aliphatic heterocycles. The van der Waals surface area contributed by atoms with Gasteiger partial charge in [0.2, 0.25) is 0 Å². The van der Waals surface area contributed by atoms with Crippen molar-refractivity contribution >= 4 is 17.7 Å². The number of aliphatic carboxylic acids is 1. The first-order valence-corrected chi connectivity index (χ1v) is 5.22. The van der Waals surface area contributed by atoms with Crippen LogP contribution < -0.4 is 5.73 Å². The molecule has 6 heteroatoms. The van der Waals surface area contributed by atoms with Gasteiger partial charge in [-0.1, -0.05) is 0 Å². The van der Waals surface area contributed by atoms with Crippen LogP contribution in [0.2, 0.25) is 0 Å². The van der Waals surface area contributed by atoms with Gasteiger partial charge in [-0.05, 0) is 12.3 Å². The molecule has 1 rings (SSSR count). The number of nitrogens with two attached hydrogens (primary N) is 1. The van der Waals surface area contributed by atoms with Crippen LogP contribution in [0.1, 0.15) is 6.92 Å². The lowest BCUT2D eigenvalue weighted by Gasteiger charge is -2.16. The molecule has 0 atom stereocenters. The topological polar surface area (TPSA) is 86.8 Å². The fourth-order valence-electron chi connectivity index (χ4n) is 0.786. The van der Waals surface area contributed by atoms with Gasteiger partial charge in [-0.25, -0.2) is 0 Å². The lowest BCUT2D eigenvalue weighted by atomic mass is 10.5. The van der Waals surface area contributed by atoms with E-state index >= 15 is 0 Å². The predicted octanol–water partition coefficient (Wildman–Crippen LogP) is -0.124. The van der Waals surface area contributed by atoms with E-state index in [1.165, 1.54) is 5.70 Å². The number of thioether (sulfide) groups is 1. The molecule has 0 unspecified atom stereocenters. The number of allylic oxidation sites excluding steroid dienone is 1. The summed E-state index contributed by atoms with van der Waals surface area (Å²) in [7, 11) is 0. The van der Waals surface area contributed by atoms with E-state index < -0.39 is 5.97 Å². The molecule has 0 aromatic carbocycles. The van der Waals surface area contributed by atoms with Crippen molar-refractivity contribution in [2.75, 3.05) is 25.6 Å². The van der Waals surface area contributed by atoms with E-state index in [9.17, 15) is 4.79 Å². The van der Waals surface area contributed by atoms with Crippen LogP contribution in [-0.4, -0.2) is 46.7 Å². The van der Waals surface area contributed by atoms with Crippen LogP contribution in [0.3, 0.4) is 0 Å². The molecule has 0 aliphatic carbocycles. The van der Waals surface area contributed by atoms with Gasteiger partial charge in [0.05, 0.1) is 19.0 Å². The number of carboxylic acid groups (broad SMARTS) is 1. The van der Waals surface area contributed by atoms with Crippen molar-refractivity contribution < 1.29 is 15.0 Å². The van der Waals surface area contributed by atoms with E-state index in [1.807, 2.05) is 0 Å². The van der Waals surface area contributed by atoms with Crippen molar-refractivity contribution in [3.63, 3.8) is 0 Å². The predicted molar refractivity (Wildman–Crippen MR) is 56.7 cm³/mol. The van der Waals surface area contributed by atoms with Crippen LogP contribution in [0.4, 0.5) is 0 Å². The molecule has 0 saturated carbocycles. The first-order valence-electron chi connectivity index (χ1n) is 4.17. The Labute approximate surface area is 87.6 Å². The summed E-state index contributed by atoms with van der Waals surface area (Å²) in [6.45, 7) is 2.82. The number of hydrogen-bond acceptors (Lipinski definition) is 5. The van der Waals surface area contributed by atoms with Gasteiger partial charge in [0.15, 0.2) is 0 Å². The van der Waals surface area contributed by atoms with Crippen LogP contribution in [-0.2, 0) is 4.79 Å². The summed E-state index contributed by atoms with van der Waals surface area (Å²) in [4.78, 5) is 11.4. The Morgan fingerprint density at radius 3 is 2.64 bits per heavy atom. The fraction of sp³-hybridized carbons (Fsp3) is 0.625. The van der Waals surface area contributed by atoms with Crippen LogP contribution in [0.25, 0.3) is 0 Å². The summed E-state index contributed by atoms with van der Waals surface area (Å²) in [5.41, 5.74) is 5.84. The Morgan fingerprint density at radius 1 is 1.79 bits per heavy atom. The molecular weight excluding hydrogens is 204 g/mol. The van der Waals surface area contributed by atoms with E-state index in [2.05, 4.69) is 23.0 Å². The number of aliphatic hydroxyl groups is 1. The molecule has 0 aromatic heterocycles. The zero-order chi connectivity index (χ0) is 11.0. The number of hydrogen-bond donors (Lipinski definition) is 3. The SMILES string of the molecule is CC1=CSCN1CCO.NCC(=O)O. The molecule has 0 radical (unpaired) electrons. The molecule has 0 fully saturated rings. The Balaban J connectivity index is 0.000000292. The maximum Gasteiger partial charge on any atom is 0.317 e. The third-order valence-corrected chi connectivity index (χ3v) is 2.50. The smallest absolute Gasteiger partial charge is 0.317 e. The number of aliphatic hydroxyl groups excluding tert-OH is 1. The minimum atomic E-state index is -0.968. The third kappa shape index (κ3) is 5.85. The molecule has 1 heterocycles. The molecule has 0 saturated heterocycles. The van der Waals surface area contributed by atoms with Crippen LogP contribution in [0, 0.1) is 0 Å². The Bertz CT molecular complexity index is 209. The summed E-state index contributed by atoms with van der Waals surface area (Å²) in [6, 6.07) is 0. The lowest BCUT2D eigenvalue weighted by molar-refractivity contribution is -0.135. The maximum absolute atomic E-state index is 9.24. The van der Waals surface area contributed by atoms with Gasteiger partial charge >= 0.3 is 5.97 Å². The van der Waals surface area contributed by atoms with E-state index in [0.29, 0.717) is 0 Å². The van der Waals surface area contributed by atoms with Gasteiger partial charge in [-0.2, -0.15) is 0 Å². The number of carboxylic acids is 1. The Morgan fingerprint density at radius 2 is 2.36 bits per heavy atom. The van der Waals surface area contributed by atoms with E-state index in [-0.39, 0.29) is 13.2 Å². The Hall–Kier alpha value is -0.720. The zero-order valence-electron chi connectivity index (χ0n) is 8.14. The number of nitrogens with zero attached hydrogens (tertiary/aromatic N) is 1. The highest BCUT2D eigenvalue weighted by Gasteiger charge is 2.08. The number of rotatable bonds is 3. The van der Waals surface area contributed by atoms with Crippen molar-refractivity contribution in [2.24, 2.45) is 5.73 Å². The average Bonchev–Trinajstić information content (AvgIpc) is 2.54. The van der Waals surface area contributed by atoms with Gasteiger partial charge in [0.1, 0.15) is 0 Å². The summed E-state index contributed by atoms with van der Waals surface area (Å²) >= 11 is 1.78. The molecule has 4 N–H and O–H groups in total. The van der Waals surface area contributed by atoms with E-state index in [4.69, 9.17) is 10.2 Å². The van der Waals surface area contributed by atoms with Crippen molar-refractivity contribution in [3.05, 3.63) is 11.1 Å². The van der Waals surface area contributed by atoms with Crippen LogP contribution in [0.15, 0.2) is 11.1 Å². The minimum absolute atomic E-state index is 0.256. The fourth-order valence-corrected chi connectivity index (χ4v) is 1.76. The molecule has 5 nitrogen and oxygen atoms in total. The first kappa shape index (κ1) is 13.3. The first-order chi connectivity index (χ1) is 6.61. The highest BCUT2D eigenvalue weighted by Crippen LogP contribution is 2.21. The second-order valence-electron chi connectivity index (χ2n) is 2.64. The van der Waals surface area contributed by atoms with Gasteiger partial charge < -0.3 is 20.8 Å². The molecule has 14 heavy (non-hydrogen) atoms. The van der Waals surface area contributed by atoms with E-state index in [0.717, 1.165) is 12.4 Å². The molecule has 1 aliphatic rings. The van der Waals surface area contributed by atoms with Gasteiger partial charge in [0.25, 0.3) is 0 Å². The van der Waals surface area contributed by atoms with Crippen molar-refractivity contribution in [3.8, 4) is 0 Å². The molecule has 0 aromatic rings. The van der Waals surface area contributed by atoms with Crippen molar-refractivity contribution in [2.45, 2.75) is 6.92 Å². The molecule has 82 valence electrons. The highest BCUT2D eigenvalue weighted by atomic mass is 32.2. The van der Waals surface area contributed by atoms with Gasteiger partial charge in [-0.15, -0.1) is 11.8 Å². The normalized spacial score (nSPS) is 14.5. The lowest BCUT2D eigenvalue weighted by Crippen LogP contribution is -2.21. The van der Waals surface area contributed by atoms with Crippen LogP contribution in [0.5, 0.6) is 0 Å². The summed E-state index contributed by atoms with van der Waals surface area (Å²) in [5.74, 6) is 0.0388. The summed E-state index contributed by atoms with van der Waals surface area (Å²) < 4.78 is 0. The zero-order valence-corrected chi connectivity index (χ0v) is 8.96. The van der Waals surface area contributed by atoms with Gasteiger partial charge in [-0.3, -0.25) is 4.79 Å². The Kier molecular flexibility index (Phi) is 7.27. The quantitative estimate of drug-likeness (QED) is 0.614. The average molecular weight is 220 g/mol. The number of carbonyl (C=O) groups is 1. The monoisotopic (exact) mass is 220 g/mol. The summed E-state index contributed by atoms with van der Waals surface area (Å²) in [6.07, 6.45) is 0. The highest BCUT2D eigenvalue weighted by molar-refractivity contribution is 8.02. The third-order valence-electron chi connectivity index (χ3n) is 1.53. The minimum Gasteiger partial charge on any atom is -0.480 e. The molecule has 0 amide bonds. The van der Waals surface area contributed by atoms with Crippen molar-refractivity contribution in [1.82, 2.24) is 4.90 Å².